The van der Waals surface area contributed by atoms with E-state index in [2.05, 4.69) is 69.0 Å². The van der Waals surface area contributed by atoms with E-state index in [-0.39, 0.29) is 5.95 Å². The second-order valence-electron chi connectivity index (χ2n) is 6.52. The van der Waals surface area contributed by atoms with Crippen LogP contribution in [0.2, 0.25) is 0 Å². The third-order valence-electron chi connectivity index (χ3n) is 4.88. The van der Waals surface area contributed by atoms with Gasteiger partial charge in [-0.3, -0.25) is 4.98 Å². The summed E-state index contributed by atoms with van der Waals surface area (Å²) in [7, 11) is 2.09. The Bertz CT molecular complexity index is 1290. The van der Waals surface area contributed by atoms with E-state index in [1.165, 1.54) is 21.8 Å². The van der Waals surface area contributed by atoms with Crippen LogP contribution in [-0.4, -0.2) is 19.5 Å². The summed E-state index contributed by atoms with van der Waals surface area (Å²) in [4.78, 5) is 13.2. The Labute approximate surface area is 156 Å². The summed E-state index contributed by atoms with van der Waals surface area (Å²) >= 11 is 0. The van der Waals surface area contributed by atoms with Crippen molar-refractivity contribution in [3.05, 3.63) is 72.9 Å². The van der Waals surface area contributed by atoms with Crippen LogP contribution < -0.4 is 5.73 Å². The van der Waals surface area contributed by atoms with Crippen molar-refractivity contribution in [2.75, 3.05) is 5.73 Å². The van der Waals surface area contributed by atoms with Crippen molar-refractivity contribution in [2.45, 2.75) is 0 Å². The Kier molecular flexibility index (Phi) is 3.40. The number of nitrogens with two attached hydrogens (primary N) is 1. The summed E-state index contributed by atoms with van der Waals surface area (Å²) in [6.07, 6.45) is 1.75. The zero-order chi connectivity index (χ0) is 18.4. The number of fused-ring (bicyclic) bond motifs is 3. The third kappa shape index (κ3) is 2.52. The lowest BCUT2D eigenvalue weighted by Crippen LogP contribution is -1.99. The van der Waals surface area contributed by atoms with Gasteiger partial charge in [0.2, 0.25) is 5.95 Å². The number of pyridine rings is 1. The second-order valence-corrected chi connectivity index (χ2v) is 6.52. The molecule has 27 heavy (non-hydrogen) atoms. The molecule has 3 aromatic heterocycles. The number of hydrogen-bond acceptors (Lipinski definition) is 4. The Morgan fingerprint density at radius 3 is 2.37 bits per heavy atom. The number of anilines is 1. The largest absolute Gasteiger partial charge is 0.368 e. The summed E-state index contributed by atoms with van der Waals surface area (Å²) in [6.45, 7) is 0. The second kappa shape index (κ2) is 5.92. The van der Waals surface area contributed by atoms with E-state index in [9.17, 15) is 0 Å². The maximum Gasteiger partial charge on any atom is 0.221 e. The van der Waals surface area contributed by atoms with Gasteiger partial charge < -0.3 is 10.3 Å². The van der Waals surface area contributed by atoms with Crippen LogP contribution in [0.25, 0.3) is 44.5 Å². The quantitative estimate of drug-likeness (QED) is 0.511. The Morgan fingerprint density at radius 1 is 0.741 bits per heavy atom. The summed E-state index contributed by atoms with van der Waals surface area (Å²) in [5.41, 5.74) is 11.7. The highest BCUT2D eigenvalue weighted by Crippen LogP contribution is 2.32. The molecule has 5 heteroatoms. The fraction of sp³-hybridized carbons (Fsp3) is 0.0455. The highest BCUT2D eigenvalue weighted by molar-refractivity contribution is 6.09. The van der Waals surface area contributed by atoms with Crippen molar-refractivity contribution in [1.82, 2.24) is 19.5 Å². The fourth-order valence-electron chi connectivity index (χ4n) is 3.59. The first-order valence-corrected chi connectivity index (χ1v) is 8.74. The minimum atomic E-state index is 0.242. The van der Waals surface area contributed by atoms with Crippen LogP contribution in [0.1, 0.15) is 0 Å². The first-order chi connectivity index (χ1) is 13.2. The lowest BCUT2D eigenvalue weighted by atomic mass is 10.1. The number of aromatic nitrogens is 4. The number of nitrogens with zero attached hydrogens (tertiary/aromatic N) is 4. The van der Waals surface area contributed by atoms with Gasteiger partial charge in [-0.05, 0) is 36.4 Å². The van der Waals surface area contributed by atoms with E-state index in [0.717, 1.165) is 22.6 Å². The number of para-hydroxylation sites is 1. The lowest BCUT2D eigenvalue weighted by molar-refractivity contribution is 1.01. The van der Waals surface area contributed by atoms with Crippen LogP contribution in [0.15, 0.2) is 72.9 Å². The smallest absolute Gasteiger partial charge is 0.221 e. The van der Waals surface area contributed by atoms with Gasteiger partial charge in [-0.1, -0.05) is 30.3 Å². The monoisotopic (exact) mass is 351 g/mol. The molecule has 0 radical (unpaired) electrons. The molecule has 0 bridgehead atoms. The summed E-state index contributed by atoms with van der Waals surface area (Å²) in [5.74, 6) is 0.242. The van der Waals surface area contributed by atoms with Gasteiger partial charge >= 0.3 is 0 Å². The number of benzene rings is 2. The molecule has 2 N–H and O–H groups in total. The molecule has 3 heterocycles. The van der Waals surface area contributed by atoms with Gasteiger partial charge in [0.1, 0.15) is 0 Å². The van der Waals surface area contributed by atoms with E-state index in [0.29, 0.717) is 0 Å². The molecule has 0 atom stereocenters. The molecule has 5 nitrogen and oxygen atoms in total. The SMILES string of the molecule is Cn1c2ccccc2c2cc(-c3cc(-c4ccccn4)nc(N)n3)ccc21. The fourth-order valence-corrected chi connectivity index (χ4v) is 3.59. The van der Waals surface area contributed by atoms with E-state index >= 15 is 0 Å². The normalized spacial score (nSPS) is 11.3. The summed E-state index contributed by atoms with van der Waals surface area (Å²) in [5, 5.41) is 2.42. The van der Waals surface area contributed by atoms with Crippen LogP contribution in [0.3, 0.4) is 0 Å². The molecule has 5 rings (SSSR count). The first kappa shape index (κ1) is 15.5. The van der Waals surface area contributed by atoms with Gasteiger partial charge in [-0.25, -0.2) is 9.97 Å². The van der Waals surface area contributed by atoms with E-state index in [1.54, 1.807) is 6.20 Å². The third-order valence-corrected chi connectivity index (χ3v) is 4.88. The van der Waals surface area contributed by atoms with Gasteiger partial charge in [0.25, 0.3) is 0 Å². The lowest BCUT2D eigenvalue weighted by Gasteiger charge is -2.06. The molecular formula is C22H17N5. The topological polar surface area (TPSA) is 69.6 Å². The molecule has 0 aliphatic rings. The number of nitrogen functional groups attached to an aromatic ring is 1. The van der Waals surface area contributed by atoms with Crippen LogP contribution in [-0.2, 0) is 7.05 Å². The Morgan fingerprint density at radius 2 is 1.52 bits per heavy atom. The number of hydrogen-bond donors (Lipinski definition) is 1. The zero-order valence-corrected chi connectivity index (χ0v) is 14.8. The molecule has 130 valence electrons. The predicted octanol–water partition coefficient (Wildman–Crippen LogP) is 4.43. The highest BCUT2D eigenvalue weighted by Gasteiger charge is 2.12. The molecule has 0 fully saturated rings. The van der Waals surface area contributed by atoms with Crippen molar-refractivity contribution < 1.29 is 0 Å². The van der Waals surface area contributed by atoms with E-state index in [4.69, 9.17) is 5.73 Å². The van der Waals surface area contributed by atoms with Crippen molar-refractivity contribution in [3.8, 4) is 22.6 Å². The molecule has 0 amide bonds. The van der Waals surface area contributed by atoms with E-state index < -0.39 is 0 Å². The predicted molar refractivity (Wildman–Crippen MR) is 109 cm³/mol. The number of aryl methyl sites for hydroxylation is 1. The van der Waals surface area contributed by atoms with Gasteiger partial charge in [-0.2, -0.15) is 0 Å². The van der Waals surface area contributed by atoms with Gasteiger partial charge in [0.15, 0.2) is 0 Å². The van der Waals surface area contributed by atoms with Crippen molar-refractivity contribution in [2.24, 2.45) is 7.05 Å². The molecule has 0 aliphatic carbocycles. The average molecular weight is 351 g/mol. The maximum absolute atomic E-state index is 5.99. The standard InChI is InChI=1S/C22H17N5/c1-27-20-8-3-2-6-15(20)16-12-14(9-10-21(16)27)18-13-19(26-22(23)25-18)17-7-4-5-11-24-17/h2-13H,1H3,(H2,23,25,26). The maximum atomic E-state index is 5.99. The first-order valence-electron chi connectivity index (χ1n) is 8.74. The van der Waals surface area contributed by atoms with Gasteiger partial charge in [0, 0.05) is 40.6 Å². The molecule has 0 saturated carbocycles. The van der Waals surface area contributed by atoms with Crippen molar-refractivity contribution >= 4 is 27.8 Å². The van der Waals surface area contributed by atoms with Crippen LogP contribution in [0.5, 0.6) is 0 Å². The molecule has 0 saturated heterocycles. The minimum absolute atomic E-state index is 0.242. The molecule has 0 aliphatic heterocycles. The van der Waals surface area contributed by atoms with Gasteiger partial charge in [-0.15, -0.1) is 0 Å². The molecular weight excluding hydrogens is 334 g/mol. The van der Waals surface area contributed by atoms with E-state index in [1.807, 2.05) is 24.3 Å². The Balaban J connectivity index is 1.72. The minimum Gasteiger partial charge on any atom is -0.368 e. The number of rotatable bonds is 2. The summed E-state index contributed by atoms with van der Waals surface area (Å²) in [6, 6.07) is 22.4. The van der Waals surface area contributed by atoms with Crippen LogP contribution in [0, 0.1) is 0 Å². The van der Waals surface area contributed by atoms with Crippen LogP contribution in [0.4, 0.5) is 5.95 Å². The van der Waals surface area contributed by atoms with Crippen molar-refractivity contribution in [3.63, 3.8) is 0 Å². The molecule has 2 aromatic carbocycles. The van der Waals surface area contributed by atoms with Gasteiger partial charge in [0.05, 0.1) is 17.1 Å². The molecule has 0 unspecified atom stereocenters. The highest BCUT2D eigenvalue weighted by atomic mass is 15.0. The molecule has 5 aromatic rings. The van der Waals surface area contributed by atoms with Crippen LogP contribution >= 0.6 is 0 Å². The molecule has 0 spiro atoms. The zero-order valence-electron chi connectivity index (χ0n) is 14.8. The Hall–Kier alpha value is -3.73. The summed E-state index contributed by atoms with van der Waals surface area (Å²) < 4.78 is 2.21. The average Bonchev–Trinajstić information content (AvgIpc) is 3.00. The van der Waals surface area contributed by atoms with Crippen molar-refractivity contribution in [1.29, 1.82) is 0 Å².